The summed E-state index contributed by atoms with van der Waals surface area (Å²) >= 11 is 5.84. The summed E-state index contributed by atoms with van der Waals surface area (Å²) in [5, 5.41) is 4.01. The van der Waals surface area contributed by atoms with Crippen molar-refractivity contribution in [3.05, 3.63) is 30.1 Å². The van der Waals surface area contributed by atoms with E-state index in [1.807, 2.05) is 38.1 Å². The van der Waals surface area contributed by atoms with Crippen LogP contribution in [0.5, 0.6) is 0 Å². The standard InChI is InChI=1S/C15H18ClN3O2/c1-9(2)13(15(20)21-3)19-14-10-6-4-5-7-11(10)17-12(8-16)18-14/h4-7,9,13H,8H2,1-3H3,(H,17,18,19). The van der Waals surface area contributed by atoms with Gasteiger partial charge in [0.15, 0.2) is 0 Å². The first-order valence-electron chi connectivity index (χ1n) is 6.72. The van der Waals surface area contributed by atoms with E-state index in [9.17, 15) is 4.79 Å². The van der Waals surface area contributed by atoms with Crippen molar-refractivity contribution in [2.75, 3.05) is 12.4 Å². The van der Waals surface area contributed by atoms with Crippen LogP contribution < -0.4 is 5.32 Å². The zero-order valence-corrected chi connectivity index (χ0v) is 13.0. The number of hydrogen-bond donors (Lipinski definition) is 1. The van der Waals surface area contributed by atoms with Gasteiger partial charge in [-0.25, -0.2) is 14.8 Å². The lowest BCUT2D eigenvalue weighted by Gasteiger charge is -2.21. The Bertz CT molecular complexity index is 646. The highest BCUT2D eigenvalue weighted by Crippen LogP contribution is 2.23. The van der Waals surface area contributed by atoms with Gasteiger partial charge in [-0.1, -0.05) is 26.0 Å². The van der Waals surface area contributed by atoms with E-state index in [-0.39, 0.29) is 17.8 Å². The predicted molar refractivity (Wildman–Crippen MR) is 83.4 cm³/mol. The molecule has 21 heavy (non-hydrogen) atoms. The molecule has 0 aliphatic carbocycles. The van der Waals surface area contributed by atoms with Gasteiger partial charge in [-0.15, -0.1) is 11.6 Å². The van der Waals surface area contributed by atoms with E-state index in [0.29, 0.717) is 11.6 Å². The number of ether oxygens (including phenoxy) is 1. The fraction of sp³-hybridized carbons (Fsp3) is 0.400. The maximum absolute atomic E-state index is 11.9. The number of hydrogen-bond acceptors (Lipinski definition) is 5. The molecular weight excluding hydrogens is 290 g/mol. The molecule has 6 heteroatoms. The lowest BCUT2D eigenvalue weighted by atomic mass is 10.0. The summed E-state index contributed by atoms with van der Waals surface area (Å²) in [4.78, 5) is 20.7. The highest BCUT2D eigenvalue weighted by atomic mass is 35.5. The van der Waals surface area contributed by atoms with Gasteiger partial charge in [0, 0.05) is 5.39 Å². The summed E-state index contributed by atoms with van der Waals surface area (Å²) < 4.78 is 4.84. The molecule has 0 amide bonds. The molecule has 1 heterocycles. The van der Waals surface area contributed by atoms with E-state index in [1.165, 1.54) is 7.11 Å². The predicted octanol–water partition coefficient (Wildman–Crippen LogP) is 2.98. The van der Waals surface area contributed by atoms with E-state index in [2.05, 4.69) is 15.3 Å². The average molecular weight is 308 g/mol. The Morgan fingerprint density at radius 2 is 2.05 bits per heavy atom. The summed E-state index contributed by atoms with van der Waals surface area (Å²) in [5.41, 5.74) is 0.790. The van der Waals surface area contributed by atoms with Gasteiger partial charge in [-0.3, -0.25) is 0 Å². The quantitative estimate of drug-likeness (QED) is 0.679. The van der Waals surface area contributed by atoms with Gasteiger partial charge in [-0.05, 0) is 18.1 Å². The van der Waals surface area contributed by atoms with Crippen molar-refractivity contribution in [2.45, 2.75) is 25.8 Å². The van der Waals surface area contributed by atoms with E-state index in [0.717, 1.165) is 10.9 Å². The number of anilines is 1. The molecule has 0 radical (unpaired) electrons. The molecule has 1 aromatic carbocycles. The third-order valence-corrected chi connectivity index (χ3v) is 3.42. The van der Waals surface area contributed by atoms with Gasteiger partial charge in [-0.2, -0.15) is 0 Å². The number of halogens is 1. The van der Waals surface area contributed by atoms with Crippen molar-refractivity contribution < 1.29 is 9.53 Å². The molecule has 5 nitrogen and oxygen atoms in total. The maximum Gasteiger partial charge on any atom is 0.328 e. The van der Waals surface area contributed by atoms with Crippen LogP contribution in [0.1, 0.15) is 19.7 Å². The second kappa shape index (κ2) is 6.72. The summed E-state index contributed by atoms with van der Waals surface area (Å²) in [6.45, 7) is 3.89. The fourth-order valence-corrected chi connectivity index (χ4v) is 2.19. The third-order valence-electron chi connectivity index (χ3n) is 3.18. The molecule has 0 spiro atoms. The number of esters is 1. The molecule has 0 saturated carbocycles. The van der Waals surface area contributed by atoms with Crippen molar-refractivity contribution in [2.24, 2.45) is 5.92 Å². The monoisotopic (exact) mass is 307 g/mol. The smallest absolute Gasteiger partial charge is 0.328 e. The molecule has 112 valence electrons. The maximum atomic E-state index is 11.9. The highest BCUT2D eigenvalue weighted by Gasteiger charge is 2.24. The molecule has 0 fully saturated rings. The Hall–Kier alpha value is -1.88. The molecule has 1 atom stereocenters. The molecule has 1 unspecified atom stereocenters. The van der Waals surface area contributed by atoms with Crippen LogP contribution in [-0.4, -0.2) is 29.1 Å². The Balaban J connectivity index is 2.46. The Kier molecular flexibility index (Phi) is 4.96. The SMILES string of the molecule is COC(=O)C(Nc1nc(CCl)nc2ccccc12)C(C)C. The topological polar surface area (TPSA) is 64.1 Å². The van der Waals surface area contributed by atoms with E-state index >= 15 is 0 Å². The van der Waals surface area contributed by atoms with Crippen LogP contribution in [0.2, 0.25) is 0 Å². The lowest BCUT2D eigenvalue weighted by molar-refractivity contribution is -0.142. The zero-order valence-electron chi connectivity index (χ0n) is 12.3. The molecule has 1 N–H and O–H groups in total. The zero-order chi connectivity index (χ0) is 15.4. The first-order valence-corrected chi connectivity index (χ1v) is 7.26. The van der Waals surface area contributed by atoms with Crippen molar-refractivity contribution in [1.82, 2.24) is 9.97 Å². The highest BCUT2D eigenvalue weighted by molar-refractivity contribution is 6.16. The number of fused-ring (bicyclic) bond motifs is 1. The number of carbonyl (C=O) groups excluding carboxylic acids is 1. The van der Waals surface area contributed by atoms with Crippen molar-refractivity contribution in [3.8, 4) is 0 Å². The fourth-order valence-electron chi connectivity index (χ4n) is 2.07. The molecule has 0 aliphatic rings. The van der Waals surface area contributed by atoms with Crippen LogP contribution in [0.15, 0.2) is 24.3 Å². The lowest BCUT2D eigenvalue weighted by Crippen LogP contribution is -2.36. The molecule has 2 rings (SSSR count). The molecule has 2 aromatic rings. The number of para-hydroxylation sites is 1. The van der Waals surface area contributed by atoms with Crippen LogP contribution in [0, 0.1) is 5.92 Å². The minimum atomic E-state index is -0.475. The van der Waals surface area contributed by atoms with Gasteiger partial charge >= 0.3 is 5.97 Å². The summed E-state index contributed by atoms with van der Waals surface area (Å²) in [6.07, 6.45) is 0. The molecular formula is C15H18ClN3O2. The summed E-state index contributed by atoms with van der Waals surface area (Å²) in [5.74, 6) is 1.07. The van der Waals surface area contributed by atoms with Crippen LogP contribution in [-0.2, 0) is 15.4 Å². The number of alkyl halides is 1. The number of nitrogens with zero attached hydrogens (tertiary/aromatic N) is 2. The Morgan fingerprint density at radius 3 is 2.67 bits per heavy atom. The number of carbonyl (C=O) groups is 1. The van der Waals surface area contributed by atoms with Crippen LogP contribution >= 0.6 is 11.6 Å². The number of benzene rings is 1. The largest absolute Gasteiger partial charge is 0.467 e. The van der Waals surface area contributed by atoms with Crippen LogP contribution in [0.4, 0.5) is 5.82 Å². The number of rotatable bonds is 5. The molecule has 0 bridgehead atoms. The van der Waals surface area contributed by atoms with Crippen molar-refractivity contribution in [1.29, 1.82) is 0 Å². The first kappa shape index (κ1) is 15.5. The normalized spacial score (nSPS) is 12.4. The third kappa shape index (κ3) is 3.42. The van der Waals surface area contributed by atoms with Crippen LogP contribution in [0.25, 0.3) is 10.9 Å². The minimum absolute atomic E-state index is 0.0608. The number of nitrogens with one attached hydrogen (secondary N) is 1. The van der Waals surface area contributed by atoms with Gasteiger partial charge in [0.25, 0.3) is 0 Å². The molecule has 1 aromatic heterocycles. The Morgan fingerprint density at radius 1 is 1.33 bits per heavy atom. The van der Waals surface area contributed by atoms with Crippen molar-refractivity contribution in [3.63, 3.8) is 0 Å². The van der Waals surface area contributed by atoms with Gasteiger partial charge in [0.05, 0.1) is 18.5 Å². The summed E-state index contributed by atoms with van der Waals surface area (Å²) in [7, 11) is 1.38. The van der Waals surface area contributed by atoms with E-state index in [1.54, 1.807) is 0 Å². The van der Waals surface area contributed by atoms with Gasteiger partial charge in [0.1, 0.15) is 17.7 Å². The van der Waals surface area contributed by atoms with E-state index < -0.39 is 6.04 Å². The van der Waals surface area contributed by atoms with E-state index in [4.69, 9.17) is 16.3 Å². The Labute approximate surface area is 128 Å². The minimum Gasteiger partial charge on any atom is -0.467 e. The average Bonchev–Trinajstić information content (AvgIpc) is 2.50. The van der Waals surface area contributed by atoms with Crippen molar-refractivity contribution >= 4 is 34.3 Å². The first-order chi connectivity index (χ1) is 10.1. The second-order valence-corrected chi connectivity index (χ2v) is 5.30. The molecule has 0 saturated heterocycles. The summed E-state index contributed by atoms with van der Waals surface area (Å²) in [6, 6.07) is 7.12. The van der Waals surface area contributed by atoms with Gasteiger partial charge < -0.3 is 10.1 Å². The van der Waals surface area contributed by atoms with Gasteiger partial charge in [0.2, 0.25) is 0 Å². The second-order valence-electron chi connectivity index (χ2n) is 5.03. The number of methoxy groups -OCH3 is 1. The molecule has 0 aliphatic heterocycles. The van der Waals surface area contributed by atoms with Crippen LogP contribution in [0.3, 0.4) is 0 Å². The number of aromatic nitrogens is 2.